The summed E-state index contributed by atoms with van der Waals surface area (Å²) in [6.07, 6.45) is 2.28. The zero-order chi connectivity index (χ0) is 16.8. The molecule has 3 heteroatoms. The van der Waals surface area contributed by atoms with Crippen molar-refractivity contribution in [3.8, 4) is 0 Å². The molecule has 4 atom stereocenters. The van der Waals surface area contributed by atoms with Crippen LogP contribution in [0.1, 0.15) is 55.4 Å². The highest BCUT2D eigenvalue weighted by Gasteiger charge is 2.54. The van der Waals surface area contributed by atoms with Crippen LogP contribution < -0.4 is 0 Å². The lowest BCUT2D eigenvalue weighted by Gasteiger charge is -2.50. The normalized spacial score (nSPS) is 36.2. The van der Waals surface area contributed by atoms with Gasteiger partial charge in [0.05, 0.1) is 12.0 Å². The Kier molecular flexibility index (Phi) is 4.59. The number of hydrogen-bond acceptors (Lipinski definition) is 3. The van der Waals surface area contributed by atoms with E-state index >= 15 is 0 Å². The summed E-state index contributed by atoms with van der Waals surface area (Å²) < 4.78 is 12.8. The molecule has 3 nitrogen and oxygen atoms in total. The van der Waals surface area contributed by atoms with Gasteiger partial charge in [-0.25, -0.2) is 0 Å². The Morgan fingerprint density at radius 3 is 2.23 bits per heavy atom. The van der Waals surface area contributed by atoms with Crippen molar-refractivity contribution in [3.63, 3.8) is 0 Å². The van der Waals surface area contributed by atoms with Crippen LogP contribution >= 0.6 is 0 Å². The number of carbonyl (C=O) groups excluding carboxylic acids is 1. The Morgan fingerprint density at radius 1 is 1.14 bits per heavy atom. The smallest absolute Gasteiger partial charge is 0.242 e. The van der Waals surface area contributed by atoms with E-state index in [1.165, 1.54) is 0 Å². The van der Waals surface area contributed by atoms with Crippen molar-refractivity contribution >= 4 is 5.78 Å². The molecule has 0 aromatic rings. The molecule has 0 aliphatic carbocycles. The first-order valence-corrected chi connectivity index (χ1v) is 8.42. The summed E-state index contributed by atoms with van der Waals surface area (Å²) in [5.74, 6) is 0.523. The molecule has 0 aromatic heterocycles. The number of ketones is 1. The Morgan fingerprint density at radius 2 is 1.73 bits per heavy atom. The van der Waals surface area contributed by atoms with E-state index in [4.69, 9.17) is 9.47 Å². The fourth-order valence-corrected chi connectivity index (χ4v) is 3.80. The maximum absolute atomic E-state index is 12.8. The maximum atomic E-state index is 12.8. The lowest BCUT2D eigenvalue weighted by molar-refractivity contribution is -0.265. The van der Waals surface area contributed by atoms with E-state index in [-0.39, 0.29) is 23.7 Å². The first-order chi connectivity index (χ1) is 10.1. The van der Waals surface area contributed by atoms with Gasteiger partial charge in [0.1, 0.15) is 5.76 Å². The largest absolute Gasteiger partial charge is 0.461 e. The van der Waals surface area contributed by atoms with Gasteiger partial charge in [0.25, 0.3) is 0 Å². The van der Waals surface area contributed by atoms with Gasteiger partial charge in [0.15, 0.2) is 5.78 Å². The summed E-state index contributed by atoms with van der Waals surface area (Å²) in [7, 11) is 0. The van der Waals surface area contributed by atoms with Gasteiger partial charge in [-0.05, 0) is 32.3 Å². The van der Waals surface area contributed by atoms with E-state index in [9.17, 15) is 4.79 Å². The van der Waals surface area contributed by atoms with E-state index in [2.05, 4.69) is 40.7 Å². The SMILES string of the molecule is CC1=C[C@@H](C)[C@H](C(C)C)O[C@@]12OC(C(C)C)=C(C)C(=O)C2C. The van der Waals surface area contributed by atoms with Crippen molar-refractivity contribution < 1.29 is 14.3 Å². The van der Waals surface area contributed by atoms with E-state index in [0.29, 0.717) is 11.8 Å². The molecule has 1 unspecified atom stereocenters. The van der Waals surface area contributed by atoms with Crippen LogP contribution in [0.2, 0.25) is 0 Å². The highest BCUT2D eigenvalue weighted by molar-refractivity contribution is 5.98. The monoisotopic (exact) mass is 306 g/mol. The molecule has 2 heterocycles. The molecule has 124 valence electrons. The number of Topliss-reactive ketones (excluding diaryl/α,β-unsaturated/α-hetero) is 1. The van der Waals surface area contributed by atoms with Gasteiger partial charge in [-0.15, -0.1) is 0 Å². The molecule has 0 N–H and O–H groups in total. The number of carbonyl (C=O) groups is 1. The van der Waals surface area contributed by atoms with Crippen LogP contribution in [0.4, 0.5) is 0 Å². The summed E-state index contributed by atoms with van der Waals surface area (Å²) in [6.45, 7) is 16.4. The molecule has 0 amide bonds. The van der Waals surface area contributed by atoms with E-state index in [1.807, 2.05) is 20.8 Å². The predicted octanol–water partition coefficient (Wildman–Crippen LogP) is 4.49. The lowest BCUT2D eigenvalue weighted by atomic mass is 9.78. The molecular weight excluding hydrogens is 276 g/mol. The minimum absolute atomic E-state index is 0.0609. The molecular formula is C19H30O3. The summed E-state index contributed by atoms with van der Waals surface area (Å²) in [5, 5.41) is 0. The highest BCUT2D eigenvalue weighted by atomic mass is 16.7. The Balaban J connectivity index is 2.53. The zero-order valence-electron chi connectivity index (χ0n) is 15.2. The molecule has 0 saturated carbocycles. The second kappa shape index (κ2) is 5.84. The second-order valence-corrected chi connectivity index (χ2v) is 7.53. The Hall–Kier alpha value is -1.09. The van der Waals surface area contributed by atoms with Crippen molar-refractivity contribution in [2.24, 2.45) is 23.7 Å². The van der Waals surface area contributed by atoms with Gasteiger partial charge in [-0.1, -0.05) is 40.7 Å². The fourth-order valence-electron chi connectivity index (χ4n) is 3.80. The number of hydrogen-bond donors (Lipinski definition) is 0. The average molecular weight is 306 g/mol. The summed E-state index contributed by atoms with van der Waals surface area (Å²) in [4.78, 5) is 12.8. The topological polar surface area (TPSA) is 35.5 Å². The minimum Gasteiger partial charge on any atom is -0.461 e. The van der Waals surface area contributed by atoms with Crippen molar-refractivity contribution in [1.29, 1.82) is 0 Å². The van der Waals surface area contributed by atoms with Crippen LogP contribution in [0.15, 0.2) is 23.0 Å². The van der Waals surface area contributed by atoms with Crippen molar-refractivity contribution in [3.05, 3.63) is 23.0 Å². The molecule has 0 bridgehead atoms. The van der Waals surface area contributed by atoms with E-state index < -0.39 is 5.79 Å². The van der Waals surface area contributed by atoms with Crippen molar-refractivity contribution in [2.75, 3.05) is 0 Å². The molecule has 0 radical (unpaired) electrons. The van der Waals surface area contributed by atoms with Crippen molar-refractivity contribution in [2.45, 2.75) is 67.3 Å². The summed E-state index contributed by atoms with van der Waals surface area (Å²) >= 11 is 0. The molecule has 0 saturated heterocycles. The summed E-state index contributed by atoms with van der Waals surface area (Å²) in [5.41, 5.74) is 1.76. The fraction of sp³-hybridized carbons (Fsp3) is 0.737. The summed E-state index contributed by atoms with van der Waals surface area (Å²) in [6, 6.07) is 0. The van der Waals surface area contributed by atoms with Crippen LogP contribution in [-0.4, -0.2) is 17.7 Å². The van der Waals surface area contributed by atoms with Gasteiger partial charge in [0.2, 0.25) is 5.79 Å². The van der Waals surface area contributed by atoms with E-state index in [0.717, 1.165) is 16.9 Å². The molecule has 0 fully saturated rings. The van der Waals surface area contributed by atoms with Gasteiger partial charge in [0, 0.05) is 17.4 Å². The van der Waals surface area contributed by atoms with Gasteiger partial charge in [-0.3, -0.25) is 4.79 Å². The lowest BCUT2D eigenvalue weighted by Crippen LogP contribution is -2.56. The molecule has 2 rings (SSSR count). The van der Waals surface area contributed by atoms with Gasteiger partial charge in [-0.2, -0.15) is 0 Å². The molecule has 1 spiro atoms. The number of rotatable bonds is 2. The van der Waals surface area contributed by atoms with Crippen LogP contribution in [0.3, 0.4) is 0 Å². The highest BCUT2D eigenvalue weighted by Crippen LogP contribution is 2.47. The van der Waals surface area contributed by atoms with Crippen LogP contribution in [0.25, 0.3) is 0 Å². The molecule has 2 aliphatic heterocycles. The number of allylic oxidation sites excluding steroid dienone is 2. The second-order valence-electron chi connectivity index (χ2n) is 7.53. The third-order valence-electron chi connectivity index (χ3n) is 5.04. The van der Waals surface area contributed by atoms with Crippen LogP contribution in [0, 0.1) is 23.7 Å². The van der Waals surface area contributed by atoms with Gasteiger partial charge >= 0.3 is 0 Å². The first kappa shape index (κ1) is 17.3. The minimum atomic E-state index is -0.933. The van der Waals surface area contributed by atoms with Crippen molar-refractivity contribution in [1.82, 2.24) is 0 Å². The third kappa shape index (κ3) is 2.54. The quantitative estimate of drug-likeness (QED) is 0.705. The Bertz CT molecular complexity index is 527. The zero-order valence-corrected chi connectivity index (χ0v) is 15.2. The predicted molar refractivity (Wildman–Crippen MR) is 88.2 cm³/mol. The standard InChI is InChI=1S/C19H30O3/c1-10(2)17-12(5)9-13(6)19(21-17)15(8)16(20)14(7)18(22-19)11(3)4/h9-12,15,17H,1-8H3/t12-,15?,17+,19-/m1/s1. The van der Waals surface area contributed by atoms with Gasteiger partial charge < -0.3 is 9.47 Å². The van der Waals surface area contributed by atoms with Crippen LogP contribution in [-0.2, 0) is 14.3 Å². The third-order valence-corrected chi connectivity index (χ3v) is 5.04. The molecule has 22 heavy (non-hydrogen) atoms. The average Bonchev–Trinajstić information content (AvgIpc) is 2.42. The number of ether oxygens (including phenoxy) is 2. The van der Waals surface area contributed by atoms with Crippen LogP contribution in [0.5, 0.6) is 0 Å². The van der Waals surface area contributed by atoms with E-state index in [1.54, 1.807) is 0 Å². The molecule has 2 aliphatic rings. The maximum Gasteiger partial charge on any atom is 0.242 e. The molecule has 0 aromatic carbocycles. The first-order valence-electron chi connectivity index (χ1n) is 8.42. The Labute approximate surface area is 134 Å².